The maximum Gasteiger partial charge on any atom is 0.0618 e. The van der Waals surface area contributed by atoms with E-state index in [1.165, 1.54) is 10.7 Å². The average Bonchev–Trinajstić information content (AvgIpc) is 1.65. The van der Waals surface area contributed by atoms with Gasteiger partial charge in [0, 0.05) is 5.32 Å². The van der Waals surface area contributed by atoms with Gasteiger partial charge in [0.15, 0.2) is 0 Å². The lowest BCUT2D eigenvalue weighted by atomic mass is 10.7. The molecule has 46 valence electrons. The molecule has 0 atom stereocenters. The van der Waals surface area contributed by atoms with Gasteiger partial charge in [-0.15, -0.1) is 0 Å². The highest BCUT2D eigenvalue weighted by atomic mass is 28.1. The fourth-order valence-corrected chi connectivity index (χ4v) is 1.66. The Hall–Kier alpha value is -0.156. The lowest BCUT2D eigenvalue weighted by Crippen LogP contribution is -1.88. The predicted molar refractivity (Wildman–Crippen MR) is 46.7 cm³/mol. The Balaban J connectivity index is 3.89. The van der Waals surface area contributed by atoms with Crippen LogP contribution < -0.4 is 0 Å². The van der Waals surface area contributed by atoms with Gasteiger partial charge in [0.05, 0.1) is 20.5 Å². The molecule has 0 aromatic rings. The van der Waals surface area contributed by atoms with Gasteiger partial charge < -0.3 is 0 Å². The fourth-order valence-electron chi connectivity index (χ4n) is 0.417. The lowest BCUT2D eigenvalue weighted by molar-refractivity contribution is 1.47. The molecule has 0 aromatic carbocycles. The number of hydrogen-bond acceptors (Lipinski definition) is 1. The molecule has 1 nitrogen and oxygen atoms in total. The second kappa shape index (κ2) is 3.80. The number of nitrogens with zero attached hydrogens (tertiary/aromatic N) is 1. The van der Waals surface area contributed by atoms with Crippen molar-refractivity contribution in [3.8, 4) is 0 Å². The van der Waals surface area contributed by atoms with Crippen molar-refractivity contribution in [1.29, 1.82) is 0 Å². The van der Waals surface area contributed by atoms with Crippen LogP contribution in [-0.2, 0) is 0 Å². The van der Waals surface area contributed by atoms with Gasteiger partial charge in [0.1, 0.15) is 0 Å². The first-order valence-electron chi connectivity index (χ1n) is 2.81. The second-order valence-electron chi connectivity index (χ2n) is 1.99. The monoisotopic (exact) mass is 143 g/mol. The molecule has 0 aliphatic heterocycles. The maximum atomic E-state index is 4.30. The van der Waals surface area contributed by atoms with Crippen LogP contribution in [0, 0.1) is 0 Å². The van der Waals surface area contributed by atoms with Crippen molar-refractivity contribution in [1.82, 2.24) is 0 Å². The molecule has 0 radical (unpaired) electrons. The van der Waals surface area contributed by atoms with Gasteiger partial charge in [0.25, 0.3) is 0 Å². The number of aliphatic imine (C=N–C) groups is 1. The highest BCUT2D eigenvalue weighted by Gasteiger charge is 1.77. The Labute approximate surface area is 56.7 Å². The molecule has 0 saturated heterocycles. The van der Waals surface area contributed by atoms with Crippen molar-refractivity contribution < 1.29 is 0 Å². The summed E-state index contributed by atoms with van der Waals surface area (Å²) in [6, 6.07) is 0. The highest BCUT2D eigenvalue weighted by molar-refractivity contribution is 6.59. The Morgan fingerprint density at radius 2 is 2.00 bits per heavy atom. The Bertz CT molecular complexity index is 122. The first-order chi connectivity index (χ1) is 3.66. The first-order valence-corrected chi connectivity index (χ1v) is 4.81. The largest absolute Gasteiger partial charge is 0.275 e. The number of hydrogen-bond donors (Lipinski definition) is 0. The van der Waals surface area contributed by atoms with Crippen LogP contribution in [-0.4, -0.2) is 25.8 Å². The molecule has 0 bridgehead atoms. The summed E-state index contributed by atoms with van der Waals surface area (Å²) in [5.41, 5.74) is 0. The molecule has 0 fully saturated rings. The van der Waals surface area contributed by atoms with E-state index in [0.29, 0.717) is 0 Å². The van der Waals surface area contributed by atoms with Crippen LogP contribution in [0.15, 0.2) is 16.4 Å². The molecule has 0 amide bonds. The summed E-state index contributed by atoms with van der Waals surface area (Å²) in [5, 5.41) is 2.55. The molecule has 0 unspecified atom stereocenters. The van der Waals surface area contributed by atoms with Crippen LogP contribution in [0.3, 0.4) is 0 Å². The van der Waals surface area contributed by atoms with Crippen LogP contribution in [0.5, 0.6) is 0 Å². The quantitative estimate of drug-likeness (QED) is 0.330. The molecule has 0 aliphatic rings. The molecule has 8 heavy (non-hydrogen) atoms. The van der Waals surface area contributed by atoms with Crippen molar-refractivity contribution in [2.45, 2.75) is 13.8 Å². The van der Waals surface area contributed by atoms with Crippen LogP contribution in [0.1, 0.15) is 13.8 Å². The SMILES string of the molecule is C/C=C([SiH3])\N=C(/C)[SiH3]. The van der Waals surface area contributed by atoms with Crippen molar-refractivity contribution in [3.63, 3.8) is 0 Å². The Morgan fingerprint density at radius 1 is 1.50 bits per heavy atom. The summed E-state index contributed by atoms with van der Waals surface area (Å²) >= 11 is 0. The van der Waals surface area contributed by atoms with Crippen LogP contribution >= 0.6 is 0 Å². The molecule has 0 spiro atoms. The average molecular weight is 143 g/mol. The van der Waals surface area contributed by atoms with Gasteiger partial charge in [-0.1, -0.05) is 6.08 Å². The molecule has 0 saturated carbocycles. The summed E-state index contributed by atoms with van der Waals surface area (Å²) in [6.07, 6.45) is 2.08. The van der Waals surface area contributed by atoms with Crippen LogP contribution in [0.4, 0.5) is 0 Å². The number of rotatable bonds is 1. The first kappa shape index (κ1) is 7.84. The molecular formula is C5H13NSi2. The van der Waals surface area contributed by atoms with E-state index in [-0.39, 0.29) is 0 Å². The van der Waals surface area contributed by atoms with Crippen LogP contribution in [0.2, 0.25) is 0 Å². The maximum absolute atomic E-state index is 4.30. The Morgan fingerprint density at radius 3 is 2.12 bits per heavy atom. The predicted octanol–water partition coefficient (Wildman–Crippen LogP) is -1.00. The third kappa shape index (κ3) is 4.01. The summed E-state index contributed by atoms with van der Waals surface area (Å²) in [7, 11) is 2.19. The Kier molecular flexibility index (Phi) is 3.72. The van der Waals surface area contributed by atoms with Gasteiger partial charge in [0.2, 0.25) is 0 Å². The van der Waals surface area contributed by atoms with Crippen molar-refractivity contribution in [2.24, 2.45) is 4.99 Å². The summed E-state index contributed by atoms with van der Waals surface area (Å²) in [4.78, 5) is 4.30. The molecule has 0 heterocycles. The van der Waals surface area contributed by atoms with Crippen molar-refractivity contribution >= 4 is 25.8 Å². The van der Waals surface area contributed by atoms with E-state index in [1.807, 2.05) is 6.92 Å². The van der Waals surface area contributed by atoms with E-state index in [0.717, 1.165) is 20.5 Å². The topological polar surface area (TPSA) is 12.4 Å². The molecular weight excluding hydrogens is 130 g/mol. The number of allylic oxidation sites excluding steroid dienone is 1. The van der Waals surface area contributed by atoms with E-state index in [4.69, 9.17) is 0 Å². The molecule has 3 heteroatoms. The van der Waals surface area contributed by atoms with E-state index in [1.54, 1.807) is 0 Å². The standard InChI is InChI=1S/C5H13NSi2/c1-3-5(8)6-4(2)7/h3H,1-2,7-8H3/b5-3+,6-4+. The van der Waals surface area contributed by atoms with E-state index >= 15 is 0 Å². The zero-order chi connectivity index (χ0) is 6.57. The third-order valence-corrected chi connectivity index (χ3v) is 1.84. The van der Waals surface area contributed by atoms with Gasteiger partial charge >= 0.3 is 0 Å². The minimum Gasteiger partial charge on any atom is -0.275 e. The molecule has 0 aromatic heterocycles. The van der Waals surface area contributed by atoms with Gasteiger partial charge in [-0.3, -0.25) is 4.99 Å². The van der Waals surface area contributed by atoms with E-state index < -0.39 is 0 Å². The molecule has 0 aliphatic carbocycles. The zero-order valence-electron chi connectivity index (χ0n) is 6.02. The third-order valence-electron chi connectivity index (χ3n) is 0.818. The minimum absolute atomic E-state index is 1.08. The van der Waals surface area contributed by atoms with Crippen molar-refractivity contribution in [3.05, 3.63) is 11.4 Å². The summed E-state index contributed by atoms with van der Waals surface area (Å²) < 4.78 is 0. The summed E-state index contributed by atoms with van der Waals surface area (Å²) in [6.45, 7) is 4.12. The normalized spacial score (nSPS) is 15.2. The molecule has 0 rings (SSSR count). The van der Waals surface area contributed by atoms with Gasteiger partial charge in [-0.2, -0.15) is 0 Å². The van der Waals surface area contributed by atoms with E-state index in [9.17, 15) is 0 Å². The minimum atomic E-state index is 1.08. The van der Waals surface area contributed by atoms with Gasteiger partial charge in [-0.05, 0) is 19.2 Å². The van der Waals surface area contributed by atoms with Crippen LogP contribution in [0.25, 0.3) is 0 Å². The van der Waals surface area contributed by atoms with Gasteiger partial charge in [-0.25, -0.2) is 0 Å². The summed E-state index contributed by atoms with van der Waals surface area (Å²) in [5.74, 6) is 0. The second-order valence-corrected chi connectivity index (χ2v) is 4.46. The zero-order valence-corrected chi connectivity index (χ0v) is 10.0. The highest BCUT2D eigenvalue weighted by Crippen LogP contribution is 1.86. The molecule has 0 N–H and O–H groups in total. The lowest BCUT2D eigenvalue weighted by Gasteiger charge is -1.89. The van der Waals surface area contributed by atoms with E-state index in [2.05, 4.69) is 18.0 Å². The fraction of sp³-hybridized carbons (Fsp3) is 0.400. The van der Waals surface area contributed by atoms with Crippen molar-refractivity contribution in [2.75, 3.05) is 0 Å². The smallest absolute Gasteiger partial charge is 0.0618 e.